The molecule has 0 aliphatic rings. The Morgan fingerprint density at radius 2 is 1.72 bits per heavy atom. The summed E-state index contributed by atoms with van der Waals surface area (Å²) < 4.78 is 24.8. The first-order chi connectivity index (χ1) is 8.41. The van der Waals surface area contributed by atoms with Gasteiger partial charge >= 0.3 is 0 Å². The number of benzene rings is 1. The second kappa shape index (κ2) is 4.38. The molecule has 0 aliphatic heterocycles. The van der Waals surface area contributed by atoms with Gasteiger partial charge in [0.05, 0.1) is 17.3 Å². The highest BCUT2D eigenvalue weighted by Crippen LogP contribution is 2.23. The lowest BCUT2D eigenvalue weighted by atomic mass is 10.2. The molecule has 0 saturated heterocycles. The molecule has 2 N–H and O–H groups in total. The van der Waals surface area contributed by atoms with E-state index in [0.29, 0.717) is 5.56 Å². The quantitative estimate of drug-likeness (QED) is 0.887. The molecule has 2 aromatic rings. The van der Waals surface area contributed by atoms with Gasteiger partial charge in [0.25, 0.3) is 0 Å². The van der Waals surface area contributed by atoms with Crippen LogP contribution < -0.4 is 5.73 Å². The van der Waals surface area contributed by atoms with E-state index in [9.17, 15) is 8.42 Å². The smallest absolute Gasteiger partial charge is 0.219 e. The topological polar surface area (TPSA) is 85.9 Å². The second-order valence-corrected chi connectivity index (χ2v) is 5.97. The van der Waals surface area contributed by atoms with Crippen LogP contribution in [0.4, 0.5) is 5.95 Å². The van der Waals surface area contributed by atoms with Gasteiger partial charge in [-0.25, -0.2) is 18.4 Å². The summed E-state index contributed by atoms with van der Waals surface area (Å²) in [6, 6.07) is 5.29. The molecule has 0 radical (unpaired) electrons. The van der Waals surface area contributed by atoms with Gasteiger partial charge in [-0.2, -0.15) is 0 Å². The molecule has 0 amide bonds. The first-order valence-electron chi connectivity index (χ1n) is 5.31. The van der Waals surface area contributed by atoms with Gasteiger partial charge in [-0.3, -0.25) is 0 Å². The van der Waals surface area contributed by atoms with Crippen molar-refractivity contribution in [3.63, 3.8) is 0 Å². The zero-order valence-electron chi connectivity index (χ0n) is 10.1. The van der Waals surface area contributed by atoms with Crippen LogP contribution in [0.1, 0.15) is 11.1 Å². The first kappa shape index (κ1) is 12.5. The van der Waals surface area contributed by atoms with Gasteiger partial charge in [0.15, 0.2) is 0 Å². The van der Waals surface area contributed by atoms with Gasteiger partial charge in [-0.1, -0.05) is 12.1 Å². The number of hydrogen-bond donors (Lipinski definition) is 1. The molecule has 0 atom stereocenters. The molecule has 1 aromatic carbocycles. The van der Waals surface area contributed by atoms with E-state index in [4.69, 9.17) is 5.73 Å². The summed E-state index contributed by atoms with van der Waals surface area (Å²) in [5.74, 6) is 0.0508. The number of anilines is 1. The number of aryl methyl sites for hydroxylation is 2. The number of nitrogen functional groups attached to an aromatic ring is 1. The Labute approximate surface area is 106 Å². The lowest BCUT2D eigenvalue weighted by Gasteiger charge is -2.08. The van der Waals surface area contributed by atoms with Crippen LogP contribution in [-0.4, -0.2) is 18.4 Å². The summed E-state index contributed by atoms with van der Waals surface area (Å²) in [7, 11) is -3.59. The molecule has 0 unspecified atom stereocenters. The van der Waals surface area contributed by atoms with Crippen LogP contribution in [0.25, 0.3) is 0 Å². The third-order valence-corrected chi connectivity index (χ3v) is 4.44. The SMILES string of the molecule is Cc1ccc(C)c(S(=O)(=O)c2cnc(N)nc2)c1. The Hall–Kier alpha value is -1.95. The van der Waals surface area contributed by atoms with Crippen molar-refractivity contribution in [2.75, 3.05) is 5.73 Å². The van der Waals surface area contributed by atoms with E-state index in [1.54, 1.807) is 19.1 Å². The highest BCUT2D eigenvalue weighted by molar-refractivity contribution is 7.91. The summed E-state index contributed by atoms with van der Waals surface area (Å²) in [6.45, 7) is 3.60. The third kappa shape index (κ3) is 2.19. The lowest BCUT2D eigenvalue weighted by molar-refractivity contribution is 0.594. The van der Waals surface area contributed by atoms with Crippen LogP contribution in [-0.2, 0) is 9.84 Å². The molecule has 0 saturated carbocycles. The average molecular weight is 263 g/mol. The van der Waals surface area contributed by atoms with Crippen molar-refractivity contribution in [2.24, 2.45) is 0 Å². The zero-order chi connectivity index (χ0) is 13.3. The number of nitrogens with zero attached hydrogens (tertiary/aromatic N) is 2. The van der Waals surface area contributed by atoms with E-state index >= 15 is 0 Å². The molecule has 5 nitrogen and oxygen atoms in total. The Morgan fingerprint density at radius 3 is 2.33 bits per heavy atom. The van der Waals surface area contributed by atoms with Crippen molar-refractivity contribution in [1.82, 2.24) is 9.97 Å². The van der Waals surface area contributed by atoms with Gasteiger partial charge in [0.1, 0.15) is 4.90 Å². The summed E-state index contributed by atoms with van der Waals surface area (Å²) in [4.78, 5) is 7.74. The molecule has 1 heterocycles. The number of aromatic nitrogens is 2. The highest BCUT2D eigenvalue weighted by atomic mass is 32.2. The van der Waals surface area contributed by atoms with E-state index in [-0.39, 0.29) is 15.7 Å². The molecule has 2 rings (SSSR count). The van der Waals surface area contributed by atoms with Crippen LogP contribution in [0, 0.1) is 13.8 Å². The van der Waals surface area contributed by atoms with Crippen LogP contribution in [0.15, 0.2) is 40.4 Å². The van der Waals surface area contributed by atoms with Crippen LogP contribution in [0.3, 0.4) is 0 Å². The largest absolute Gasteiger partial charge is 0.368 e. The highest BCUT2D eigenvalue weighted by Gasteiger charge is 2.20. The zero-order valence-corrected chi connectivity index (χ0v) is 10.9. The van der Waals surface area contributed by atoms with Gasteiger partial charge in [-0.05, 0) is 31.0 Å². The molecular formula is C12H13N3O2S. The van der Waals surface area contributed by atoms with Crippen LogP contribution in [0.5, 0.6) is 0 Å². The van der Waals surface area contributed by atoms with Gasteiger partial charge < -0.3 is 5.73 Å². The standard InChI is InChI=1S/C12H13N3O2S/c1-8-3-4-9(2)11(5-8)18(16,17)10-6-14-12(13)15-7-10/h3-7H,1-2H3,(H2,13,14,15). The summed E-state index contributed by atoms with van der Waals surface area (Å²) in [6.07, 6.45) is 2.44. The lowest BCUT2D eigenvalue weighted by Crippen LogP contribution is -2.06. The van der Waals surface area contributed by atoms with E-state index in [0.717, 1.165) is 5.56 Å². The van der Waals surface area contributed by atoms with E-state index in [1.165, 1.54) is 12.4 Å². The number of rotatable bonds is 2. The van der Waals surface area contributed by atoms with Gasteiger partial charge in [-0.15, -0.1) is 0 Å². The van der Waals surface area contributed by atoms with Crippen molar-refractivity contribution in [3.05, 3.63) is 41.7 Å². The molecule has 18 heavy (non-hydrogen) atoms. The molecule has 0 fully saturated rings. The summed E-state index contributed by atoms with van der Waals surface area (Å²) in [5, 5.41) is 0. The Balaban J connectivity index is 2.61. The molecule has 94 valence electrons. The van der Waals surface area contributed by atoms with Crippen molar-refractivity contribution in [2.45, 2.75) is 23.6 Å². The predicted molar refractivity (Wildman–Crippen MR) is 67.8 cm³/mol. The van der Waals surface area contributed by atoms with Crippen molar-refractivity contribution in [3.8, 4) is 0 Å². The van der Waals surface area contributed by atoms with E-state index < -0.39 is 9.84 Å². The van der Waals surface area contributed by atoms with E-state index in [1.807, 2.05) is 13.0 Å². The fraction of sp³-hybridized carbons (Fsp3) is 0.167. The fourth-order valence-corrected chi connectivity index (χ4v) is 3.06. The maximum Gasteiger partial charge on any atom is 0.219 e. The summed E-state index contributed by atoms with van der Waals surface area (Å²) >= 11 is 0. The molecule has 1 aromatic heterocycles. The van der Waals surface area contributed by atoms with Crippen molar-refractivity contribution in [1.29, 1.82) is 0 Å². The normalized spacial score (nSPS) is 11.4. The number of nitrogens with two attached hydrogens (primary N) is 1. The Morgan fingerprint density at radius 1 is 1.11 bits per heavy atom. The first-order valence-corrected chi connectivity index (χ1v) is 6.79. The van der Waals surface area contributed by atoms with E-state index in [2.05, 4.69) is 9.97 Å². The van der Waals surface area contributed by atoms with Gasteiger partial charge in [0.2, 0.25) is 15.8 Å². The second-order valence-electron chi connectivity index (χ2n) is 4.05. The summed E-state index contributed by atoms with van der Waals surface area (Å²) in [5.41, 5.74) is 6.92. The molecular weight excluding hydrogens is 250 g/mol. The maximum atomic E-state index is 12.4. The maximum absolute atomic E-state index is 12.4. The predicted octanol–water partition coefficient (Wildman–Crippen LogP) is 1.51. The fourth-order valence-electron chi connectivity index (χ4n) is 1.59. The number of sulfone groups is 1. The van der Waals surface area contributed by atoms with Gasteiger partial charge in [0, 0.05) is 0 Å². The molecule has 0 bridgehead atoms. The number of hydrogen-bond acceptors (Lipinski definition) is 5. The van der Waals surface area contributed by atoms with Crippen molar-refractivity contribution >= 4 is 15.8 Å². The minimum absolute atomic E-state index is 0.0467. The minimum Gasteiger partial charge on any atom is -0.368 e. The Bertz CT molecular complexity index is 679. The minimum atomic E-state index is -3.59. The average Bonchev–Trinajstić information content (AvgIpc) is 2.32. The van der Waals surface area contributed by atoms with Crippen LogP contribution >= 0.6 is 0 Å². The third-order valence-electron chi connectivity index (χ3n) is 2.59. The monoisotopic (exact) mass is 263 g/mol. The van der Waals surface area contributed by atoms with Crippen molar-refractivity contribution < 1.29 is 8.42 Å². The molecule has 0 aliphatic carbocycles. The van der Waals surface area contributed by atoms with Crippen LogP contribution in [0.2, 0.25) is 0 Å². The Kier molecular flexibility index (Phi) is 3.04. The molecule has 0 spiro atoms. The molecule has 6 heteroatoms.